The van der Waals surface area contributed by atoms with Crippen molar-refractivity contribution in [3.8, 4) is 0 Å². The van der Waals surface area contributed by atoms with E-state index in [9.17, 15) is 4.79 Å². The second-order valence-corrected chi connectivity index (χ2v) is 4.87. The van der Waals surface area contributed by atoms with Crippen molar-refractivity contribution in [2.75, 3.05) is 13.1 Å². The molecule has 0 unspecified atom stereocenters. The Morgan fingerprint density at radius 1 is 1.58 bits per heavy atom. The molecule has 0 spiro atoms. The highest BCUT2D eigenvalue weighted by molar-refractivity contribution is 9.11. The fourth-order valence-corrected chi connectivity index (χ4v) is 2.34. The molecule has 0 amide bonds. The molecule has 1 aromatic heterocycles. The molecule has 12 heavy (non-hydrogen) atoms. The Kier molecular flexibility index (Phi) is 4.50. The molecule has 0 fully saturated rings. The summed E-state index contributed by atoms with van der Waals surface area (Å²) in [5.41, 5.74) is 0. The lowest BCUT2D eigenvalue weighted by Crippen LogP contribution is -2.18. The molecule has 0 aliphatic carbocycles. The first kappa shape index (κ1) is 9.89. The molecule has 0 aliphatic rings. The van der Waals surface area contributed by atoms with Crippen molar-refractivity contribution in [1.82, 2.24) is 5.32 Å². The van der Waals surface area contributed by atoms with Crippen LogP contribution < -0.4 is 5.32 Å². The molecule has 4 heteroatoms. The zero-order chi connectivity index (χ0) is 8.81. The molecule has 0 atom stereocenters. The van der Waals surface area contributed by atoms with Crippen molar-refractivity contribution in [2.45, 2.75) is 6.42 Å². The van der Waals surface area contributed by atoms with Gasteiger partial charge in [-0.2, -0.15) is 0 Å². The number of hydrogen-bond acceptors (Lipinski definition) is 3. The number of hydrogen-bond donors (Lipinski definition) is 1. The predicted octanol–water partition coefficient (Wildman–Crippen LogP) is 1.84. The van der Waals surface area contributed by atoms with Crippen LogP contribution >= 0.6 is 27.3 Å². The van der Waals surface area contributed by atoms with E-state index in [0.717, 1.165) is 23.0 Å². The van der Waals surface area contributed by atoms with Crippen molar-refractivity contribution in [3.05, 3.63) is 20.8 Å². The summed E-state index contributed by atoms with van der Waals surface area (Å²) >= 11 is 5.13. The van der Waals surface area contributed by atoms with Gasteiger partial charge in [-0.25, -0.2) is 0 Å². The molecule has 0 aliphatic heterocycles. The minimum atomic E-state index is 0.451. The van der Waals surface area contributed by atoms with Gasteiger partial charge in [-0.3, -0.25) is 0 Å². The van der Waals surface area contributed by atoms with Crippen molar-refractivity contribution in [3.63, 3.8) is 0 Å². The van der Waals surface area contributed by atoms with Gasteiger partial charge < -0.3 is 10.1 Å². The van der Waals surface area contributed by atoms with E-state index in [4.69, 9.17) is 0 Å². The molecule has 1 N–H and O–H groups in total. The molecule has 0 bridgehead atoms. The van der Waals surface area contributed by atoms with Crippen molar-refractivity contribution >= 4 is 33.6 Å². The van der Waals surface area contributed by atoms with Crippen LogP contribution in [-0.4, -0.2) is 19.4 Å². The molecular weight excluding hydrogens is 238 g/mol. The van der Waals surface area contributed by atoms with Gasteiger partial charge in [-0.1, -0.05) is 0 Å². The highest BCUT2D eigenvalue weighted by Crippen LogP contribution is 2.21. The summed E-state index contributed by atoms with van der Waals surface area (Å²) in [5, 5.41) is 3.02. The second kappa shape index (κ2) is 5.45. The smallest absolute Gasteiger partial charge is 0.133 e. The monoisotopic (exact) mass is 247 g/mol. The summed E-state index contributed by atoms with van der Waals surface area (Å²) in [6.07, 6.45) is 1.87. The Morgan fingerprint density at radius 2 is 2.42 bits per heavy atom. The largest absolute Gasteiger partial charge is 0.310 e. The van der Waals surface area contributed by atoms with Crippen molar-refractivity contribution in [1.29, 1.82) is 0 Å². The number of carbonyl (C=O) groups is 1. The van der Waals surface area contributed by atoms with Crippen molar-refractivity contribution < 1.29 is 4.79 Å². The number of halogens is 1. The van der Waals surface area contributed by atoms with E-state index in [2.05, 4.69) is 27.3 Å². The summed E-state index contributed by atoms with van der Waals surface area (Å²) in [6, 6.07) is 4.14. The SMILES string of the molecule is O=CCNCCc1ccc(Br)s1. The first-order chi connectivity index (χ1) is 5.83. The Hall–Kier alpha value is -0.190. The van der Waals surface area contributed by atoms with E-state index in [1.54, 1.807) is 11.3 Å². The Bertz CT molecular complexity index is 249. The fourth-order valence-electron chi connectivity index (χ4n) is 0.859. The highest BCUT2D eigenvalue weighted by Gasteiger charge is 1.96. The van der Waals surface area contributed by atoms with Crippen LogP contribution in [0.25, 0.3) is 0 Å². The third-order valence-corrected chi connectivity index (χ3v) is 3.09. The van der Waals surface area contributed by atoms with Crippen LogP contribution in [0.1, 0.15) is 4.88 Å². The third-order valence-electron chi connectivity index (χ3n) is 1.40. The fraction of sp³-hybridized carbons (Fsp3) is 0.375. The van der Waals surface area contributed by atoms with Gasteiger partial charge in [-0.05, 0) is 34.5 Å². The Morgan fingerprint density at radius 3 is 3.00 bits per heavy atom. The van der Waals surface area contributed by atoms with Gasteiger partial charge in [0.1, 0.15) is 6.29 Å². The van der Waals surface area contributed by atoms with Crippen LogP contribution in [0.4, 0.5) is 0 Å². The Balaban J connectivity index is 2.19. The van der Waals surface area contributed by atoms with Gasteiger partial charge in [0.15, 0.2) is 0 Å². The standard InChI is InChI=1S/C8H10BrNOS/c9-8-2-1-7(12-8)3-4-10-5-6-11/h1-2,6,10H,3-5H2. The number of thiophene rings is 1. The van der Waals surface area contributed by atoms with Crippen LogP contribution in [0.5, 0.6) is 0 Å². The third kappa shape index (κ3) is 3.47. The van der Waals surface area contributed by atoms with Gasteiger partial charge >= 0.3 is 0 Å². The van der Waals surface area contributed by atoms with Gasteiger partial charge in [0.05, 0.1) is 10.3 Å². The minimum Gasteiger partial charge on any atom is -0.310 e. The van der Waals surface area contributed by atoms with Crippen molar-refractivity contribution in [2.24, 2.45) is 0 Å². The van der Waals surface area contributed by atoms with Gasteiger partial charge in [0.25, 0.3) is 0 Å². The lowest BCUT2D eigenvalue weighted by atomic mass is 10.3. The molecule has 2 nitrogen and oxygen atoms in total. The maximum absolute atomic E-state index is 9.95. The number of nitrogens with one attached hydrogen (secondary N) is 1. The first-order valence-electron chi connectivity index (χ1n) is 3.71. The van der Waals surface area contributed by atoms with Crippen LogP contribution in [0, 0.1) is 0 Å². The Labute approximate surface area is 84.1 Å². The van der Waals surface area contributed by atoms with E-state index < -0.39 is 0 Å². The average Bonchev–Trinajstić information content (AvgIpc) is 2.45. The lowest BCUT2D eigenvalue weighted by molar-refractivity contribution is -0.107. The van der Waals surface area contributed by atoms with Crippen LogP contribution in [0.2, 0.25) is 0 Å². The quantitative estimate of drug-likeness (QED) is 0.636. The lowest BCUT2D eigenvalue weighted by Gasteiger charge is -1.96. The molecule has 1 rings (SSSR count). The van der Waals surface area contributed by atoms with E-state index in [0.29, 0.717) is 6.54 Å². The highest BCUT2D eigenvalue weighted by atomic mass is 79.9. The summed E-state index contributed by atoms with van der Waals surface area (Å²) in [7, 11) is 0. The average molecular weight is 248 g/mol. The summed E-state index contributed by atoms with van der Waals surface area (Å²) in [6.45, 7) is 1.32. The van der Waals surface area contributed by atoms with Crippen LogP contribution in [0.3, 0.4) is 0 Å². The normalized spacial score (nSPS) is 10.1. The molecular formula is C8H10BrNOS. The van der Waals surface area contributed by atoms with E-state index in [-0.39, 0.29) is 0 Å². The number of aldehydes is 1. The topological polar surface area (TPSA) is 29.1 Å². The second-order valence-electron chi connectivity index (χ2n) is 2.33. The summed E-state index contributed by atoms with van der Waals surface area (Å²) < 4.78 is 1.16. The maximum atomic E-state index is 9.95. The van der Waals surface area contributed by atoms with Gasteiger partial charge in [0, 0.05) is 11.4 Å². The molecule has 1 aromatic rings. The zero-order valence-electron chi connectivity index (χ0n) is 6.55. The van der Waals surface area contributed by atoms with E-state index >= 15 is 0 Å². The van der Waals surface area contributed by atoms with Gasteiger partial charge in [0.2, 0.25) is 0 Å². The molecule has 66 valence electrons. The summed E-state index contributed by atoms with van der Waals surface area (Å²) in [4.78, 5) is 11.3. The molecule has 1 heterocycles. The minimum absolute atomic E-state index is 0.451. The number of carbonyl (C=O) groups excluding carboxylic acids is 1. The van der Waals surface area contributed by atoms with E-state index in [1.807, 2.05) is 6.07 Å². The summed E-state index contributed by atoms with van der Waals surface area (Å²) in [5.74, 6) is 0. The molecule has 0 aromatic carbocycles. The van der Waals surface area contributed by atoms with E-state index in [1.165, 1.54) is 4.88 Å². The molecule has 0 saturated heterocycles. The zero-order valence-corrected chi connectivity index (χ0v) is 8.95. The van der Waals surface area contributed by atoms with Gasteiger partial charge in [-0.15, -0.1) is 11.3 Å². The molecule has 0 saturated carbocycles. The van der Waals surface area contributed by atoms with Crippen LogP contribution in [-0.2, 0) is 11.2 Å². The number of rotatable bonds is 5. The first-order valence-corrected chi connectivity index (χ1v) is 5.32. The predicted molar refractivity (Wildman–Crippen MR) is 54.7 cm³/mol. The van der Waals surface area contributed by atoms with Crippen LogP contribution in [0.15, 0.2) is 15.9 Å². The molecule has 0 radical (unpaired) electrons. The maximum Gasteiger partial charge on any atom is 0.133 e.